The molecule has 6 nitrogen and oxygen atoms in total. The number of nitrogens with zero attached hydrogens (tertiary/aromatic N) is 5. The average molecular weight is 363 g/mol. The minimum absolute atomic E-state index is 0.0538. The number of benzene rings is 1. The summed E-state index contributed by atoms with van der Waals surface area (Å²) in [6.45, 7) is 6.78. The Hall–Kier alpha value is -2.89. The fourth-order valence-corrected chi connectivity index (χ4v) is 3.68. The van der Waals surface area contributed by atoms with Gasteiger partial charge in [-0.1, -0.05) is 44.2 Å². The summed E-state index contributed by atoms with van der Waals surface area (Å²) in [7, 11) is 1.83. The molecule has 6 heteroatoms. The number of aromatic nitrogens is 4. The number of imidazole rings is 1. The van der Waals surface area contributed by atoms with Crippen molar-refractivity contribution in [1.29, 1.82) is 0 Å². The summed E-state index contributed by atoms with van der Waals surface area (Å²) >= 11 is 0. The number of rotatable bonds is 5. The van der Waals surface area contributed by atoms with Crippen molar-refractivity contribution in [2.75, 3.05) is 13.1 Å². The van der Waals surface area contributed by atoms with E-state index in [9.17, 15) is 4.79 Å². The Morgan fingerprint density at radius 1 is 1.22 bits per heavy atom. The van der Waals surface area contributed by atoms with Crippen LogP contribution in [0.1, 0.15) is 36.1 Å². The summed E-state index contributed by atoms with van der Waals surface area (Å²) in [4.78, 5) is 19.2. The van der Waals surface area contributed by atoms with E-state index in [0.717, 1.165) is 36.7 Å². The summed E-state index contributed by atoms with van der Waals surface area (Å²) in [6, 6.07) is 11.8. The molecule has 1 aromatic carbocycles. The summed E-state index contributed by atoms with van der Waals surface area (Å²) in [6.07, 6.45) is 3.89. The normalized spacial score (nSPS) is 14.6. The van der Waals surface area contributed by atoms with Crippen LogP contribution < -0.4 is 0 Å². The molecule has 0 radical (unpaired) electrons. The van der Waals surface area contributed by atoms with Crippen LogP contribution >= 0.6 is 0 Å². The smallest absolute Gasteiger partial charge is 0.272 e. The molecule has 1 fully saturated rings. The third-order valence-corrected chi connectivity index (χ3v) is 5.13. The van der Waals surface area contributed by atoms with Crippen molar-refractivity contribution in [2.45, 2.75) is 26.3 Å². The molecule has 3 aromatic rings. The minimum Gasteiger partial charge on any atom is -0.336 e. The van der Waals surface area contributed by atoms with Gasteiger partial charge in [-0.2, -0.15) is 5.10 Å². The zero-order valence-corrected chi connectivity index (χ0v) is 16.0. The van der Waals surface area contributed by atoms with E-state index in [1.165, 1.54) is 0 Å². The molecule has 0 bridgehead atoms. The number of hydrogen-bond donors (Lipinski definition) is 0. The Labute approximate surface area is 159 Å². The number of amides is 1. The Morgan fingerprint density at radius 2 is 1.96 bits per heavy atom. The van der Waals surface area contributed by atoms with Crippen molar-refractivity contribution >= 4 is 5.91 Å². The molecule has 0 spiro atoms. The standard InChI is InChI=1S/C21H25N5O/c1-15(2)20-22-9-10-25(20)12-16-13-26(14-16)21(27)19-11-18(23-24(19)3)17-7-5-4-6-8-17/h4-11,15-16H,12-14H2,1-3H3. The largest absolute Gasteiger partial charge is 0.336 e. The van der Waals surface area contributed by atoms with Gasteiger partial charge in [0.15, 0.2) is 0 Å². The van der Waals surface area contributed by atoms with Gasteiger partial charge >= 0.3 is 0 Å². The third-order valence-electron chi connectivity index (χ3n) is 5.13. The molecule has 0 aliphatic carbocycles. The number of likely N-dealkylation sites (tertiary alicyclic amines) is 1. The maximum Gasteiger partial charge on any atom is 0.272 e. The lowest BCUT2D eigenvalue weighted by atomic mass is 9.99. The van der Waals surface area contributed by atoms with E-state index in [1.54, 1.807) is 4.68 Å². The first-order valence-corrected chi connectivity index (χ1v) is 9.42. The van der Waals surface area contributed by atoms with Crippen molar-refractivity contribution in [2.24, 2.45) is 13.0 Å². The Bertz CT molecular complexity index is 935. The van der Waals surface area contributed by atoms with E-state index < -0.39 is 0 Å². The molecule has 0 saturated carbocycles. The van der Waals surface area contributed by atoms with Crippen LogP contribution in [0.4, 0.5) is 0 Å². The SMILES string of the molecule is CC(C)c1nccn1CC1CN(C(=O)c2cc(-c3ccccc3)nn2C)C1. The van der Waals surface area contributed by atoms with E-state index >= 15 is 0 Å². The van der Waals surface area contributed by atoms with E-state index in [1.807, 2.05) is 60.7 Å². The van der Waals surface area contributed by atoms with Gasteiger partial charge in [-0.3, -0.25) is 9.48 Å². The second-order valence-corrected chi connectivity index (χ2v) is 7.57. The van der Waals surface area contributed by atoms with Crippen molar-refractivity contribution in [1.82, 2.24) is 24.2 Å². The fraction of sp³-hybridized carbons (Fsp3) is 0.381. The van der Waals surface area contributed by atoms with Crippen LogP contribution in [0.25, 0.3) is 11.3 Å². The van der Waals surface area contributed by atoms with Crippen LogP contribution in [0.5, 0.6) is 0 Å². The summed E-state index contributed by atoms with van der Waals surface area (Å²) in [5.74, 6) is 2.04. The first-order chi connectivity index (χ1) is 13.0. The highest BCUT2D eigenvalue weighted by molar-refractivity contribution is 5.94. The summed E-state index contributed by atoms with van der Waals surface area (Å²) < 4.78 is 3.90. The van der Waals surface area contributed by atoms with Gasteiger partial charge in [0.2, 0.25) is 0 Å². The molecular weight excluding hydrogens is 338 g/mol. The zero-order chi connectivity index (χ0) is 19.0. The summed E-state index contributed by atoms with van der Waals surface area (Å²) in [5, 5.41) is 4.51. The molecule has 0 N–H and O–H groups in total. The highest BCUT2D eigenvalue weighted by Crippen LogP contribution is 2.24. The van der Waals surface area contributed by atoms with Crippen LogP contribution in [0, 0.1) is 5.92 Å². The molecule has 1 aliphatic heterocycles. The Kier molecular flexibility index (Phi) is 4.56. The van der Waals surface area contributed by atoms with E-state index in [0.29, 0.717) is 17.5 Å². The first-order valence-electron chi connectivity index (χ1n) is 9.42. The lowest BCUT2D eigenvalue weighted by Gasteiger charge is -2.39. The minimum atomic E-state index is 0.0538. The Balaban J connectivity index is 1.41. The number of carbonyl (C=O) groups is 1. The molecule has 140 valence electrons. The lowest BCUT2D eigenvalue weighted by molar-refractivity contribution is 0.0455. The second-order valence-electron chi connectivity index (χ2n) is 7.57. The van der Waals surface area contributed by atoms with Crippen LogP contribution in [-0.2, 0) is 13.6 Å². The molecule has 3 heterocycles. The first kappa shape index (κ1) is 17.5. The fourth-order valence-electron chi connectivity index (χ4n) is 3.68. The second kappa shape index (κ2) is 7.02. The van der Waals surface area contributed by atoms with Crippen molar-refractivity contribution < 1.29 is 4.79 Å². The highest BCUT2D eigenvalue weighted by Gasteiger charge is 2.33. The monoisotopic (exact) mass is 363 g/mol. The van der Waals surface area contributed by atoms with E-state index in [2.05, 4.69) is 28.5 Å². The van der Waals surface area contributed by atoms with Gasteiger partial charge < -0.3 is 9.47 Å². The van der Waals surface area contributed by atoms with Crippen molar-refractivity contribution in [3.8, 4) is 11.3 Å². The lowest BCUT2D eigenvalue weighted by Crippen LogP contribution is -2.51. The maximum absolute atomic E-state index is 12.9. The maximum atomic E-state index is 12.9. The molecule has 2 aromatic heterocycles. The number of aryl methyl sites for hydroxylation is 1. The van der Waals surface area contributed by atoms with E-state index in [4.69, 9.17) is 0 Å². The molecular formula is C21H25N5O. The molecule has 0 atom stereocenters. The van der Waals surface area contributed by atoms with Gasteiger partial charge in [-0.15, -0.1) is 0 Å². The summed E-state index contributed by atoms with van der Waals surface area (Å²) in [5.41, 5.74) is 2.49. The molecule has 1 saturated heterocycles. The third kappa shape index (κ3) is 3.39. The van der Waals surface area contributed by atoms with Gasteiger partial charge in [0.05, 0.1) is 5.69 Å². The number of hydrogen-bond acceptors (Lipinski definition) is 3. The molecule has 1 amide bonds. The molecule has 4 rings (SSSR count). The van der Waals surface area contributed by atoms with Gasteiger partial charge in [0.1, 0.15) is 11.5 Å². The molecule has 1 aliphatic rings. The van der Waals surface area contributed by atoms with Gasteiger partial charge in [-0.25, -0.2) is 4.98 Å². The Morgan fingerprint density at radius 3 is 2.67 bits per heavy atom. The van der Waals surface area contributed by atoms with E-state index in [-0.39, 0.29) is 5.91 Å². The van der Waals surface area contributed by atoms with Gasteiger partial charge in [0, 0.05) is 56.5 Å². The van der Waals surface area contributed by atoms with Gasteiger partial charge in [0.25, 0.3) is 5.91 Å². The topological polar surface area (TPSA) is 56.0 Å². The average Bonchev–Trinajstić information content (AvgIpc) is 3.24. The molecule has 0 unspecified atom stereocenters. The van der Waals surface area contributed by atoms with Crippen molar-refractivity contribution in [3.05, 3.63) is 60.3 Å². The van der Waals surface area contributed by atoms with Crippen LogP contribution in [-0.4, -0.2) is 43.2 Å². The van der Waals surface area contributed by atoms with Crippen LogP contribution in [0.15, 0.2) is 48.8 Å². The highest BCUT2D eigenvalue weighted by atomic mass is 16.2. The number of carbonyl (C=O) groups excluding carboxylic acids is 1. The molecule has 27 heavy (non-hydrogen) atoms. The zero-order valence-electron chi connectivity index (χ0n) is 16.0. The predicted molar refractivity (Wildman–Crippen MR) is 104 cm³/mol. The quantitative estimate of drug-likeness (QED) is 0.700. The van der Waals surface area contributed by atoms with Crippen LogP contribution in [0.3, 0.4) is 0 Å². The van der Waals surface area contributed by atoms with Crippen molar-refractivity contribution in [3.63, 3.8) is 0 Å². The predicted octanol–water partition coefficient (Wildman–Crippen LogP) is 3.18. The van der Waals surface area contributed by atoms with Crippen LogP contribution in [0.2, 0.25) is 0 Å². The van der Waals surface area contributed by atoms with Gasteiger partial charge in [-0.05, 0) is 6.07 Å².